The van der Waals surface area contributed by atoms with Crippen LogP contribution in [0.15, 0.2) is 22.6 Å². The van der Waals surface area contributed by atoms with Crippen molar-refractivity contribution in [2.45, 2.75) is 26.7 Å². The highest BCUT2D eigenvalue weighted by atomic mass is 16.4. The Balaban J connectivity index is 2.03. The van der Waals surface area contributed by atoms with Gasteiger partial charge in [-0.1, -0.05) is 0 Å². The van der Waals surface area contributed by atoms with Crippen molar-refractivity contribution >= 4 is 5.69 Å². The molecule has 17 heavy (non-hydrogen) atoms. The van der Waals surface area contributed by atoms with Crippen LogP contribution in [-0.2, 0) is 6.42 Å². The van der Waals surface area contributed by atoms with Gasteiger partial charge in [-0.25, -0.2) is 4.98 Å². The fourth-order valence-corrected chi connectivity index (χ4v) is 2.20. The van der Waals surface area contributed by atoms with E-state index >= 15 is 0 Å². The van der Waals surface area contributed by atoms with E-state index in [4.69, 9.17) is 4.42 Å². The molecule has 2 heterocycles. The van der Waals surface area contributed by atoms with E-state index in [0.717, 1.165) is 35.9 Å². The fraction of sp³-hybridized carbons (Fsp3) is 0.357. The second-order valence-electron chi connectivity index (χ2n) is 4.56. The van der Waals surface area contributed by atoms with Crippen molar-refractivity contribution in [2.24, 2.45) is 0 Å². The molecular weight excluding hydrogens is 212 g/mol. The first-order valence-electron chi connectivity index (χ1n) is 6.05. The molecular formula is C14H16N2O. The molecule has 2 aromatic rings. The smallest absolute Gasteiger partial charge is 0.226 e. The molecule has 0 spiro atoms. The zero-order valence-corrected chi connectivity index (χ0v) is 10.2. The molecule has 3 nitrogen and oxygen atoms in total. The molecule has 0 aliphatic carbocycles. The van der Waals surface area contributed by atoms with E-state index < -0.39 is 0 Å². The van der Waals surface area contributed by atoms with Gasteiger partial charge in [0, 0.05) is 17.8 Å². The molecule has 0 bridgehead atoms. The maximum Gasteiger partial charge on any atom is 0.226 e. The molecule has 0 amide bonds. The summed E-state index contributed by atoms with van der Waals surface area (Å²) in [5, 5.41) is 3.41. The summed E-state index contributed by atoms with van der Waals surface area (Å²) in [5.41, 5.74) is 4.65. The zero-order valence-electron chi connectivity index (χ0n) is 10.2. The molecule has 1 aromatic heterocycles. The van der Waals surface area contributed by atoms with Gasteiger partial charge in [0.15, 0.2) is 0 Å². The fourth-order valence-electron chi connectivity index (χ4n) is 2.20. The number of nitrogens with one attached hydrogen (secondary N) is 1. The number of rotatable bonds is 1. The first kappa shape index (κ1) is 10.4. The molecule has 1 aromatic carbocycles. The van der Waals surface area contributed by atoms with E-state index in [0.29, 0.717) is 0 Å². The number of fused-ring (bicyclic) bond motifs is 1. The Morgan fingerprint density at radius 3 is 2.94 bits per heavy atom. The van der Waals surface area contributed by atoms with Crippen LogP contribution in [0.25, 0.3) is 11.5 Å². The number of hydrogen-bond acceptors (Lipinski definition) is 3. The van der Waals surface area contributed by atoms with Gasteiger partial charge in [0.25, 0.3) is 0 Å². The quantitative estimate of drug-likeness (QED) is 0.813. The highest BCUT2D eigenvalue weighted by molar-refractivity contribution is 5.64. The van der Waals surface area contributed by atoms with E-state index in [1.165, 1.54) is 17.7 Å². The Morgan fingerprint density at radius 1 is 1.29 bits per heavy atom. The van der Waals surface area contributed by atoms with Crippen molar-refractivity contribution in [1.29, 1.82) is 0 Å². The monoisotopic (exact) mass is 228 g/mol. The minimum atomic E-state index is 0.730. The second kappa shape index (κ2) is 3.91. The SMILES string of the molecule is Cc1nc(-c2ccc3c(c2)CCCN3)oc1C. The molecule has 1 N–H and O–H groups in total. The maximum absolute atomic E-state index is 5.66. The topological polar surface area (TPSA) is 38.1 Å². The summed E-state index contributed by atoms with van der Waals surface area (Å²) in [5.74, 6) is 1.63. The third kappa shape index (κ3) is 1.82. The summed E-state index contributed by atoms with van der Waals surface area (Å²) in [6.07, 6.45) is 2.33. The van der Waals surface area contributed by atoms with E-state index in [2.05, 4.69) is 28.5 Å². The molecule has 0 fully saturated rings. The Labute approximate surface area is 101 Å². The average molecular weight is 228 g/mol. The second-order valence-corrected chi connectivity index (χ2v) is 4.56. The Bertz CT molecular complexity index is 538. The van der Waals surface area contributed by atoms with E-state index in [-0.39, 0.29) is 0 Å². The molecule has 1 aliphatic heterocycles. The van der Waals surface area contributed by atoms with Gasteiger partial charge in [-0.2, -0.15) is 0 Å². The molecule has 0 saturated carbocycles. The Kier molecular flexibility index (Phi) is 2.39. The summed E-state index contributed by atoms with van der Waals surface area (Å²) in [6.45, 7) is 5.00. The van der Waals surface area contributed by atoms with Crippen LogP contribution in [0.5, 0.6) is 0 Å². The molecule has 3 rings (SSSR count). The van der Waals surface area contributed by atoms with Crippen molar-refractivity contribution in [3.05, 3.63) is 35.2 Å². The van der Waals surface area contributed by atoms with Crippen LogP contribution in [-0.4, -0.2) is 11.5 Å². The van der Waals surface area contributed by atoms with Crippen LogP contribution in [0.4, 0.5) is 5.69 Å². The van der Waals surface area contributed by atoms with Gasteiger partial charge in [0.05, 0.1) is 5.69 Å². The highest BCUT2D eigenvalue weighted by Crippen LogP contribution is 2.28. The molecule has 0 unspecified atom stereocenters. The zero-order chi connectivity index (χ0) is 11.8. The Morgan fingerprint density at radius 2 is 2.18 bits per heavy atom. The highest BCUT2D eigenvalue weighted by Gasteiger charge is 2.13. The predicted octanol–water partition coefficient (Wildman–Crippen LogP) is 3.32. The number of hydrogen-bond donors (Lipinski definition) is 1. The van der Waals surface area contributed by atoms with Crippen LogP contribution < -0.4 is 5.32 Å². The summed E-state index contributed by atoms with van der Waals surface area (Å²) >= 11 is 0. The van der Waals surface area contributed by atoms with Crippen molar-refractivity contribution in [3.8, 4) is 11.5 Å². The van der Waals surface area contributed by atoms with Crippen LogP contribution in [0, 0.1) is 13.8 Å². The number of nitrogens with zero attached hydrogens (tertiary/aromatic N) is 1. The van der Waals surface area contributed by atoms with Gasteiger partial charge in [-0.3, -0.25) is 0 Å². The van der Waals surface area contributed by atoms with E-state index in [1.54, 1.807) is 0 Å². The van der Waals surface area contributed by atoms with Gasteiger partial charge in [0.2, 0.25) is 5.89 Å². The summed E-state index contributed by atoms with van der Waals surface area (Å²) in [4.78, 5) is 4.44. The summed E-state index contributed by atoms with van der Waals surface area (Å²) in [6, 6.07) is 6.38. The van der Waals surface area contributed by atoms with Crippen LogP contribution in [0.2, 0.25) is 0 Å². The van der Waals surface area contributed by atoms with Gasteiger partial charge in [0.1, 0.15) is 5.76 Å². The maximum atomic E-state index is 5.66. The minimum Gasteiger partial charge on any atom is -0.441 e. The van der Waals surface area contributed by atoms with Gasteiger partial charge in [-0.05, 0) is 50.5 Å². The van der Waals surface area contributed by atoms with E-state index in [9.17, 15) is 0 Å². The van der Waals surface area contributed by atoms with Crippen LogP contribution >= 0.6 is 0 Å². The molecule has 0 saturated heterocycles. The number of aryl methyl sites for hydroxylation is 3. The first-order chi connectivity index (χ1) is 8.24. The van der Waals surface area contributed by atoms with Gasteiger partial charge >= 0.3 is 0 Å². The molecule has 3 heteroatoms. The van der Waals surface area contributed by atoms with Crippen LogP contribution in [0.1, 0.15) is 23.4 Å². The molecule has 0 atom stereocenters. The molecule has 1 aliphatic rings. The van der Waals surface area contributed by atoms with Crippen LogP contribution in [0.3, 0.4) is 0 Å². The largest absolute Gasteiger partial charge is 0.441 e. The normalized spacial score (nSPS) is 14.2. The first-order valence-corrected chi connectivity index (χ1v) is 6.05. The number of oxazole rings is 1. The molecule has 0 radical (unpaired) electrons. The van der Waals surface area contributed by atoms with Crippen molar-refractivity contribution in [3.63, 3.8) is 0 Å². The van der Waals surface area contributed by atoms with Gasteiger partial charge < -0.3 is 9.73 Å². The van der Waals surface area contributed by atoms with Gasteiger partial charge in [-0.15, -0.1) is 0 Å². The third-order valence-electron chi connectivity index (χ3n) is 3.32. The third-order valence-corrected chi connectivity index (χ3v) is 3.32. The standard InChI is InChI=1S/C14H16N2O/c1-9-10(2)17-14(16-9)12-5-6-13-11(8-12)4-3-7-15-13/h5-6,8,15H,3-4,7H2,1-2H3. The lowest BCUT2D eigenvalue weighted by Crippen LogP contribution is -2.11. The van der Waals surface area contributed by atoms with Crippen molar-refractivity contribution in [1.82, 2.24) is 4.98 Å². The Hall–Kier alpha value is -1.77. The number of benzene rings is 1. The number of aromatic nitrogens is 1. The molecule has 88 valence electrons. The minimum absolute atomic E-state index is 0.730. The van der Waals surface area contributed by atoms with E-state index in [1.807, 2.05) is 13.8 Å². The lowest BCUT2D eigenvalue weighted by atomic mass is 10.0. The lowest BCUT2D eigenvalue weighted by molar-refractivity contribution is 0.540. The number of anilines is 1. The van der Waals surface area contributed by atoms with Crippen molar-refractivity contribution < 1.29 is 4.42 Å². The predicted molar refractivity (Wildman–Crippen MR) is 68.2 cm³/mol. The summed E-state index contributed by atoms with van der Waals surface area (Å²) < 4.78 is 5.66. The average Bonchev–Trinajstić information content (AvgIpc) is 2.69. The van der Waals surface area contributed by atoms with Crippen molar-refractivity contribution in [2.75, 3.05) is 11.9 Å². The summed E-state index contributed by atoms with van der Waals surface area (Å²) in [7, 11) is 0. The lowest BCUT2D eigenvalue weighted by Gasteiger charge is -2.17.